The van der Waals surface area contributed by atoms with Crippen molar-refractivity contribution in [3.05, 3.63) is 12.2 Å². The highest BCUT2D eigenvalue weighted by molar-refractivity contribution is 5.12. The van der Waals surface area contributed by atoms with Crippen LogP contribution < -0.4 is 5.32 Å². The Hall–Kier alpha value is -0.340. The van der Waals surface area contributed by atoms with E-state index >= 15 is 0 Å². The highest BCUT2D eigenvalue weighted by Crippen LogP contribution is 2.30. The fourth-order valence-corrected chi connectivity index (χ4v) is 1.84. The number of ether oxygens (including phenoxy) is 1. The van der Waals surface area contributed by atoms with E-state index in [1.807, 2.05) is 0 Å². The molecule has 0 radical (unpaired) electrons. The van der Waals surface area contributed by atoms with Crippen molar-refractivity contribution in [1.82, 2.24) is 5.32 Å². The van der Waals surface area contributed by atoms with Gasteiger partial charge >= 0.3 is 0 Å². The lowest BCUT2D eigenvalue weighted by Crippen LogP contribution is -2.44. The van der Waals surface area contributed by atoms with Gasteiger partial charge in [-0.05, 0) is 25.3 Å². The Kier molecular flexibility index (Phi) is 1.32. The van der Waals surface area contributed by atoms with Gasteiger partial charge in [0.2, 0.25) is 0 Å². The smallest absolute Gasteiger partial charge is 0.138 e. The molecule has 2 unspecified atom stereocenters. The highest BCUT2D eigenvalue weighted by atomic mass is 16.5. The predicted octanol–water partition coefficient (Wildman–Crippen LogP) is 1.04. The molecule has 1 N–H and O–H groups in total. The van der Waals surface area contributed by atoms with Gasteiger partial charge in [0.15, 0.2) is 0 Å². The maximum atomic E-state index is 5.37. The van der Waals surface area contributed by atoms with Gasteiger partial charge in [-0.2, -0.15) is 0 Å². The van der Waals surface area contributed by atoms with Crippen molar-refractivity contribution in [3.63, 3.8) is 0 Å². The van der Waals surface area contributed by atoms with Crippen LogP contribution in [0.4, 0.5) is 0 Å². The first-order valence-corrected chi connectivity index (χ1v) is 3.85. The van der Waals surface area contributed by atoms with E-state index in [-0.39, 0.29) is 5.72 Å². The van der Waals surface area contributed by atoms with Crippen LogP contribution in [0.5, 0.6) is 0 Å². The second-order valence-corrected chi connectivity index (χ2v) is 3.11. The second kappa shape index (κ2) is 2.07. The van der Waals surface area contributed by atoms with Crippen LogP contribution in [0, 0.1) is 0 Å². The van der Waals surface area contributed by atoms with E-state index in [2.05, 4.69) is 17.5 Å². The summed E-state index contributed by atoms with van der Waals surface area (Å²) >= 11 is 0. The maximum Gasteiger partial charge on any atom is 0.138 e. The Balaban J connectivity index is 2.22. The molecule has 56 valence electrons. The molecule has 2 aliphatic rings. The lowest BCUT2D eigenvalue weighted by Gasteiger charge is -2.28. The largest absolute Gasteiger partial charge is 0.360 e. The third-order valence-corrected chi connectivity index (χ3v) is 2.48. The summed E-state index contributed by atoms with van der Waals surface area (Å²) in [4.78, 5) is 0. The Bertz CT molecular complexity index is 167. The van der Waals surface area contributed by atoms with Crippen molar-refractivity contribution in [2.45, 2.75) is 31.0 Å². The van der Waals surface area contributed by atoms with E-state index in [4.69, 9.17) is 4.74 Å². The molecular formula is C8H13NO. The standard InChI is InChI=1S/C8H13NO/c1-10-8-5-2-3-7(9-8)4-6-8/h2,5,7,9H,3-4,6H2,1H3. The average molecular weight is 139 g/mol. The van der Waals surface area contributed by atoms with E-state index in [0.29, 0.717) is 6.04 Å². The maximum absolute atomic E-state index is 5.37. The summed E-state index contributed by atoms with van der Waals surface area (Å²) in [5.41, 5.74) is -0.0943. The molecule has 2 heterocycles. The molecule has 2 heteroatoms. The summed E-state index contributed by atoms with van der Waals surface area (Å²) in [7, 11) is 1.77. The van der Waals surface area contributed by atoms with Gasteiger partial charge in [0, 0.05) is 13.2 Å². The Morgan fingerprint density at radius 3 is 3.30 bits per heavy atom. The van der Waals surface area contributed by atoms with Gasteiger partial charge in [0.1, 0.15) is 5.72 Å². The monoisotopic (exact) mass is 139 g/mol. The molecule has 2 rings (SSSR count). The highest BCUT2D eigenvalue weighted by Gasteiger charge is 2.38. The summed E-state index contributed by atoms with van der Waals surface area (Å²) in [6.45, 7) is 0. The molecule has 0 aliphatic carbocycles. The zero-order valence-electron chi connectivity index (χ0n) is 6.26. The molecule has 2 aliphatic heterocycles. The van der Waals surface area contributed by atoms with Gasteiger partial charge in [-0.1, -0.05) is 6.08 Å². The third-order valence-electron chi connectivity index (χ3n) is 2.48. The van der Waals surface area contributed by atoms with Crippen molar-refractivity contribution in [3.8, 4) is 0 Å². The normalized spacial score (nSPS) is 44.3. The number of rotatable bonds is 1. The number of hydrogen-bond donors (Lipinski definition) is 1. The minimum Gasteiger partial charge on any atom is -0.360 e. The second-order valence-electron chi connectivity index (χ2n) is 3.11. The molecule has 0 spiro atoms. The molecule has 1 saturated heterocycles. The first-order valence-electron chi connectivity index (χ1n) is 3.85. The Morgan fingerprint density at radius 2 is 2.60 bits per heavy atom. The van der Waals surface area contributed by atoms with Gasteiger partial charge < -0.3 is 4.74 Å². The van der Waals surface area contributed by atoms with Gasteiger partial charge in [0.25, 0.3) is 0 Å². The van der Waals surface area contributed by atoms with Crippen molar-refractivity contribution >= 4 is 0 Å². The average Bonchev–Trinajstić information content (AvgIpc) is 2.29. The van der Waals surface area contributed by atoms with Crippen molar-refractivity contribution < 1.29 is 4.74 Å². The molecule has 0 saturated carbocycles. The number of hydrogen-bond acceptors (Lipinski definition) is 2. The van der Waals surface area contributed by atoms with Gasteiger partial charge in [0.05, 0.1) is 0 Å². The quantitative estimate of drug-likeness (QED) is 0.548. The molecule has 1 fully saturated rings. The number of fused-ring (bicyclic) bond motifs is 2. The van der Waals surface area contributed by atoms with E-state index in [9.17, 15) is 0 Å². The van der Waals surface area contributed by atoms with Crippen LogP contribution >= 0.6 is 0 Å². The lowest BCUT2D eigenvalue weighted by atomic mass is 10.1. The van der Waals surface area contributed by atoms with Crippen molar-refractivity contribution in [1.29, 1.82) is 0 Å². The van der Waals surface area contributed by atoms with E-state index < -0.39 is 0 Å². The van der Waals surface area contributed by atoms with Crippen LogP contribution in [-0.4, -0.2) is 18.9 Å². The molecule has 0 aromatic heterocycles. The molecule has 0 aromatic carbocycles. The van der Waals surface area contributed by atoms with Crippen LogP contribution in [-0.2, 0) is 4.74 Å². The number of methoxy groups -OCH3 is 1. The Morgan fingerprint density at radius 1 is 1.70 bits per heavy atom. The van der Waals surface area contributed by atoms with Gasteiger partial charge in [-0.15, -0.1) is 0 Å². The van der Waals surface area contributed by atoms with Crippen molar-refractivity contribution in [2.75, 3.05) is 7.11 Å². The van der Waals surface area contributed by atoms with E-state index in [1.165, 1.54) is 12.8 Å². The molecule has 2 nitrogen and oxygen atoms in total. The van der Waals surface area contributed by atoms with Gasteiger partial charge in [-0.3, -0.25) is 5.32 Å². The minimum atomic E-state index is -0.0943. The third kappa shape index (κ3) is 0.796. The van der Waals surface area contributed by atoms with Crippen LogP contribution in [0.2, 0.25) is 0 Å². The SMILES string of the molecule is COC12C=CCC(CC1)N2. The van der Waals surface area contributed by atoms with Crippen molar-refractivity contribution in [2.24, 2.45) is 0 Å². The zero-order chi connectivity index (χ0) is 7.03. The summed E-state index contributed by atoms with van der Waals surface area (Å²) in [5, 5.41) is 3.44. The van der Waals surface area contributed by atoms with Crippen LogP contribution in [0.1, 0.15) is 19.3 Å². The summed E-state index contributed by atoms with van der Waals surface area (Å²) in [5.74, 6) is 0. The molecule has 2 atom stereocenters. The zero-order valence-corrected chi connectivity index (χ0v) is 6.26. The molecule has 2 bridgehead atoms. The predicted molar refractivity (Wildman–Crippen MR) is 39.7 cm³/mol. The first kappa shape index (κ1) is 6.38. The molecule has 10 heavy (non-hydrogen) atoms. The lowest BCUT2D eigenvalue weighted by molar-refractivity contribution is 0.0128. The molecule has 0 amide bonds. The fourth-order valence-electron chi connectivity index (χ4n) is 1.84. The summed E-state index contributed by atoms with van der Waals surface area (Å²) in [6, 6.07) is 0.671. The topological polar surface area (TPSA) is 21.3 Å². The minimum absolute atomic E-state index is 0.0943. The van der Waals surface area contributed by atoms with E-state index in [1.54, 1.807) is 7.11 Å². The molecule has 0 aromatic rings. The fraction of sp³-hybridized carbons (Fsp3) is 0.750. The number of nitrogens with one attached hydrogen (secondary N) is 1. The van der Waals surface area contributed by atoms with Crippen LogP contribution in [0.25, 0.3) is 0 Å². The van der Waals surface area contributed by atoms with Crippen LogP contribution in [0.15, 0.2) is 12.2 Å². The van der Waals surface area contributed by atoms with E-state index in [0.717, 1.165) is 6.42 Å². The van der Waals surface area contributed by atoms with Gasteiger partial charge in [-0.25, -0.2) is 0 Å². The summed E-state index contributed by atoms with van der Waals surface area (Å²) < 4.78 is 5.37. The molecular weight excluding hydrogens is 126 g/mol. The Labute approximate surface area is 61.3 Å². The van der Waals surface area contributed by atoms with Crippen LogP contribution in [0.3, 0.4) is 0 Å². The summed E-state index contributed by atoms with van der Waals surface area (Å²) in [6.07, 6.45) is 7.92. The first-order chi connectivity index (χ1) is 4.85.